The van der Waals surface area contributed by atoms with Gasteiger partial charge in [0.2, 0.25) is 0 Å². The summed E-state index contributed by atoms with van der Waals surface area (Å²) < 4.78 is 0. The zero-order valence-electron chi connectivity index (χ0n) is 17.6. The van der Waals surface area contributed by atoms with Crippen LogP contribution in [0.2, 0.25) is 0 Å². The van der Waals surface area contributed by atoms with Crippen LogP contribution in [0.25, 0.3) is 21.0 Å². The van der Waals surface area contributed by atoms with Crippen LogP contribution in [0, 0.1) is 18.8 Å². The third-order valence-corrected chi connectivity index (χ3v) is 6.66. The number of thiophene rings is 2. The number of benzene rings is 1. The molecular weight excluding hydrogens is 420 g/mol. The third-order valence-electron chi connectivity index (χ3n) is 4.75. The van der Waals surface area contributed by atoms with E-state index in [1.54, 1.807) is 22.7 Å². The molecule has 0 saturated carbocycles. The number of carbonyl (C=O) groups excluding carboxylic acids is 1. The van der Waals surface area contributed by atoms with Gasteiger partial charge in [-0.3, -0.25) is 9.78 Å². The van der Waals surface area contributed by atoms with Crippen LogP contribution < -0.4 is 5.32 Å². The Morgan fingerprint density at radius 3 is 2.61 bits per heavy atom. The standard InChI is InChI=1S/C26H22N2OS2/c1-18-8-4-5-9-20(18)25(29)28-26(2,3)15-14-19-12-13-23(31-19)24-21(10-6-16-27-24)22-11-7-17-30-22/h4-13,16-17H,1-3H3,(H,28,29). The van der Waals surface area contributed by atoms with Crippen LogP contribution in [0.4, 0.5) is 0 Å². The van der Waals surface area contributed by atoms with Crippen LogP contribution in [0.5, 0.6) is 0 Å². The van der Waals surface area contributed by atoms with Crippen molar-refractivity contribution in [2.45, 2.75) is 26.3 Å². The highest BCUT2D eigenvalue weighted by Crippen LogP contribution is 2.36. The van der Waals surface area contributed by atoms with E-state index in [1.807, 2.05) is 63.4 Å². The highest BCUT2D eigenvalue weighted by molar-refractivity contribution is 7.16. The molecule has 0 atom stereocenters. The fraction of sp³-hybridized carbons (Fsp3) is 0.154. The number of rotatable bonds is 4. The highest BCUT2D eigenvalue weighted by Gasteiger charge is 2.19. The Morgan fingerprint density at radius 2 is 1.84 bits per heavy atom. The van der Waals surface area contributed by atoms with Gasteiger partial charge in [0.15, 0.2) is 0 Å². The lowest BCUT2D eigenvalue weighted by molar-refractivity contribution is 0.0929. The quantitative estimate of drug-likeness (QED) is 0.371. The Balaban J connectivity index is 1.54. The number of amides is 1. The first-order valence-electron chi connectivity index (χ1n) is 9.93. The van der Waals surface area contributed by atoms with Gasteiger partial charge in [0.25, 0.3) is 5.91 Å². The molecule has 0 fully saturated rings. The maximum Gasteiger partial charge on any atom is 0.252 e. The van der Waals surface area contributed by atoms with Gasteiger partial charge in [-0.05, 0) is 68.1 Å². The molecule has 0 saturated heterocycles. The van der Waals surface area contributed by atoms with Gasteiger partial charge in [0.1, 0.15) is 0 Å². The van der Waals surface area contributed by atoms with E-state index in [0.717, 1.165) is 26.6 Å². The van der Waals surface area contributed by atoms with E-state index in [4.69, 9.17) is 0 Å². The average molecular weight is 443 g/mol. The predicted molar refractivity (Wildman–Crippen MR) is 130 cm³/mol. The summed E-state index contributed by atoms with van der Waals surface area (Å²) in [5.74, 6) is 6.33. The molecule has 0 aliphatic heterocycles. The zero-order chi connectivity index (χ0) is 21.8. The molecule has 4 rings (SSSR count). The molecule has 1 N–H and O–H groups in total. The van der Waals surface area contributed by atoms with Crippen molar-refractivity contribution in [2.75, 3.05) is 0 Å². The van der Waals surface area contributed by atoms with Crippen LogP contribution in [0.15, 0.2) is 72.2 Å². The molecule has 0 aliphatic carbocycles. The van der Waals surface area contributed by atoms with Crippen molar-refractivity contribution in [1.82, 2.24) is 10.3 Å². The minimum Gasteiger partial charge on any atom is -0.336 e. The number of nitrogens with one attached hydrogen (secondary N) is 1. The van der Waals surface area contributed by atoms with Gasteiger partial charge in [-0.1, -0.05) is 36.1 Å². The van der Waals surface area contributed by atoms with Crippen LogP contribution in [-0.2, 0) is 0 Å². The van der Waals surface area contributed by atoms with Gasteiger partial charge < -0.3 is 5.32 Å². The molecule has 4 aromatic rings. The number of hydrogen-bond acceptors (Lipinski definition) is 4. The Labute approximate surface area is 190 Å². The Bertz CT molecular complexity index is 1270. The summed E-state index contributed by atoms with van der Waals surface area (Å²) in [6, 6.07) is 19.9. The van der Waals surface area contributed by atoms with Gasteiger partial charge in [0.05, 0.1) is 21.0 Å². The fourth-order valence-corrected chi connectivity index (χ4v) is 4.82. The molecule has 1 amide bonds. The smallest absolute Gasteiger partial charge is 0.252 e. The van der Waals surface area contributed by atoms with Crippen molar-refractivity contribution in [2.24, 2.45) is 0 Å². The predicted octanol–water partition coefficient (Wildman–Crippen LogP) is 6.41. The second kappa shape index (κ2) is 8.89. The Morgan fingerprint density at radius 1 is 1.00 bits per heavy atom. The van der Waals surface area contributed by atoms with E-state index >= 15 is 0 Å². The van der Waals surface area contributed by atoms with E-state index < -0.39 is 5.54 Å². The third kappa shape index (κ3) is 4.93. The van der Waals surface area contributed by atoms with Crippen molar-refractivity contribution >= 4 is 28.6 Å². The molecule has 1 aromatic carbocycles. The first-order valence-corrected chi connectivity index (χ1v) is 11.6. The molecule has 31 heavy (non-hydrogen) atoms. The van der Waals surface area contributed by atoms with E-state index in [-0.39, 0.29) is 5.91 Å². The van der Waals surface area contributed by atoms with Crippen LogP contribution in [0.3, 0.4) is 0 Å². The molecule has 0 radical (unpaired) electrons. The van der Waals surface area contributed by atoms with Gasteiger partial charge in [-0.15, -0.1) is 22.7 Å². The largest absolute Gasteiger partial charge is 0.336 e. The Kier molecular flexibility index (Phi) is 6.03. The monoisotopic (exact) mass is 442 g/mol. The van der Waals surface area contributed by atoms with Crippen molar-refractivity contribution in [3.63, 3.8) is 0 Å². The second-order valence-corrected chi connectivity index (χ2v) is 9.72. The number of carbonyl (C=O) groups is 1. The summed E-state index contributed by atoms with van der Waals surface area (Å²) in [5, 5.41) is 5.11. The van der Waals surface area contributed by atoms with Gasteiger partial charge >= 0.3 is 0 Å². The minimum atomic E-state index is -0.656. The summed E-state index contributed by atoms with van der Waals surface area (Å²) in [7, 11) is 0. The molecule has 0 aliphatic rings. The van der Waals surface area contributed by atoms with Gasteiger partial charge in [0, 0.05) is 22.2 Å². The number of hydrogen-bond donors (Lipinski definition) is 1. The summed E-state index contributed by atoms with van der Waals surface area (Å²) in [4.78, 5) is 20.5. The fourth-order valence-electron chi connectivity index (χ4n) is 3.19. The topological polar surface area (TPSA) is 42.0 Å². The Hall–Kier alpha value is -3.20. The highest BCUT2D eigenvalue weighted by atomic mass is 32.1. The van der Waals surface area contributed by atoms with Crippen LogP contribution >= 0.6 is 22.7 Å². The first kappa shape index (κ1) is 21.0. The molecule has 3 heterocycles. The van der Waals surface area contributed by atoms with Crippen molar-refractivity contribution in [3.8, 4) is 32.9 Å². The lowest BCUT2D eigenvalue weighted by Gasteiger charge is -2.20. The SMILES string of the molecule is Cc1ccccc1C(=O)NC(C)(C)C#Cc1ccc(-c2ncccc2-c2cccs2)s1. The normalized spacial score (nSPS) is 10.9. The number of pyridine rings is 1. The van der Waals surface area contributed by atoms with Crippen molar-refractivity contribution in [1.29, 1.82) is 0 Å². The summed E-state index contributed by atoms with van der Waals surface area (Å²) >= 11 is 3.32. The van der Waals surface area contributed by atoms with E-state index in [1.165, 1.54) is 4.88 Å². The van der Waals surface area contributed by atoms with E-state index in [9.17, 15) is 4.79 Å². The average Bonchev–Trinajstić information content (AvgIpc) is 3.45. The van der Waals surface area contributed by atoms with Crippen molar-refractivity contribution in [3.05, 3.63) is 88.2 Å². The van der Waals surface area contributed by atoms with Gasteiger partial charge in [-0.25, -0.2) is 0 Å². The van der Waals surface area contributed by atoms with Crippen LogP contribution in [-0.4, -0.2) is 16.4 Å². The summed E-state index contributed by atoms with van der Waals surface area (Å²) in [6.45, 7) is 5.76. The van der Waals surface area contributed by atoms with Crippen molar-refractivity contribution < 1.29 is 4.79 Å². The zero-order valence-corrected chi connectivity index (χ0v) is 19.2. The number of nitrogens with zero attached hydrogens (tertiary/aromatic N) is 1. The second-order valence-electron chi connectivity index (χ2n) is 7.68. The maximum absolute atomic E-state index is 12.6. The maximum atomic E-state index is 12.6. The minimum absolute atomic E-state index is 0.113. The molecular formula is C26H22N2OS2. The number of aromatic nitrogens is 1. The lowest BCUT2D eigenvalue weighted by Crippen LogP contribution is -2.42. The molecule has 0 unspecified atom stereocenters. The summed E-state index contributed by atoms with van der Waals surface area (Å²) in [6.07, 6.45) is 1.82. The lowest BCUT2D eigenvalue weighted by atomic mass is 10.0. The van der Waals surface area contributed by atoms with E-state index in [0.29, 0.717) is 5.56 Å². The molecule has 5 heteroatoms. The van der Waals surface area contributed by atoms with E-state index in [2.05, 4.69) is 51.8 Å². The first-order chi connectivity index (χ1) is 14.9. The van der Waals surface area contributed by atoms with Gasteiger partial charge in [-0.2, -0.15) is 0 Å². The summed E-state index contributed by atoms with van der Waals surface area (Å²) in [5.41, 5.74) is 3.06. The molecule has 0 bridgehead atoms. The molecule has 3 aromatic heterocycles. The van der Waals surface area contributed by atoms with Crippen LogP contribution in [0.1, 0.15) is 34.6 Å². The molecule has 154 valence electrons. The molecule has 0 spiro atoms. The number of aryl methyl sites for hydroxylation is 1. The molecule has 3 nitrogen and oxygen atoms in total.